The van der Waals surface area contributed by atoms with Crippen LogP contribution in [0.15, 0.2) is 30.5 Å². The second-order valence-corrected chi connectivity index (χ2v) is 5.34. The first-order valence-corrected chi connectivity index (χ1v) is 7.32. The van der Waals surface area contributed by atoms with Gasteiger partial charge in [-0.05, 0) is 12.1 Å². The zero-order chi connectivity index (χ0) is 18.0. The fourth-order valence-electron chi connectivity index (χ4n) is 2.41. The molecule has 2 heterocycles. The van der Waals surface area contributed by atoms with Gasteiger partial charge in [0.2, 0.25) is 5.91 Å². The lowest BCUT2D eigenvalue weighted by Gasteiger charge is -2.27. The lowest BCUT2D eigenvalue weighted by molar-refractivity contribution is -0.385. The molecule has 0 unspecified atom stereocenters. The average Bonchev–Trinajstić information content (AvgIpc) is 2.58. The van der Waals surface area contributed by atoms with Gasteiger partial charge in [-0.2, -0.15) is 0 Å². The van der Waals surface area contributed by atoms with Crippen molar-refractivity contribution < 1.29 is 18.5 Å². The molecule has 2 aromatic rings. The predicted molar refractivity (Wildman–Crippen MR) is 85.8 cm³/mol. The first kappa shape index (κ1) is 16.6. The van der Waals surface area contributed by atoms with Crippen molar-refractivity contribution in [3.63, 3.8) is 0 Å². The van der Waals surface area contributed by atoms with Gasteiger partial charge < -0.3 is 15.5 Å². The van der Waals surface area contributed by atoms with Crippen LogP contribution < -0.4 is 15.5 Å². The third-order valence-electron chi connectivity index (χ3n) is 3.62. The quantitative estimate of drug-likeness (QED) is 0.646. The van der Waals surface area contributed by atoms with Gasteiger partial charge >= 0.3 is 0 Å². The molecule has 0 spiro atoms. The molecule has 1 fully saturated rings. The fraction of sp³-hybridized carbons (Fsp3) is 0.200. The molecule has 1 aromatic heterocycles. The molecule has 1 aromatic carbocycles. The second-order valence-electron chi connectivity index (χ2n) is 5.34. The number of hydrogen-bond acceptors (Lipinski definition) is 6. The van der Waals surface area contributed by atoms with Crippen molar-refractivity contribution in [1.29, 1.82) is 0 Å². The molecule has 1 amide bonds. The van der Waals surface area contributed by atoms with Gasteiger partial charge in [0.25, 0.3) is 5.69 Å². The number of anilines is 3. The highest BCUT2D eigenvalue weighted by Gasteiger charge is 2.19. The Hall–Kier alpha value is -3.30. The van der Waals surface area contributed by atoms with E-state index in [0.717, 1.165) is 0 Å². The van der Waals surface area contributed by atoms with E-state index < -0.39 is 27.9 Å². The highest BCUT2D eigenvalue weighted by Crippen LogP contribution is 2.28. The Bertz CT molecular complexity index is 805. The molecular formula is C15H13F2N5O3. The number of non-ortho nitro benzene ring substituents is 1. The number of benzene rings is 1. The molecule has 0 aliphatic carbocycles. The topological polar surface area (TPSA) is 100 Å². The number of halogens is 2. The van der Waals surface area contributed by atoms with E-state index in [9.17, 15) is 23.7 Å². The van der Waals surface area contributed by atoms with Crippen LogP contribution in [0, 0.1) is 21.7 Å². The van der Waals surface area contributed by atoms with Crippen LogP contribution in [-0.4, -0.2) is 35.4 Å². The Morgan fingerprint density at radius 2 is 2.00 bits per heavy atom. The van der Waals surface area contributed by atoms with Crippen molar-refractivity contribution in [2.75, 3.05) is 29.9 Å². The number of rotatable bonds is 4. The molecule has 10 heteroatoms. The van der Waals surface area contributed by atoms with Gasteiger partial charge in [0.05, 0.1) is 35.5 Å². The van der Waals surface area contributed by atoms with Crippen LogP contribution in [0.3, 0.4) is 0 Å². The standard InChI is InChI=1S/C15H13F2N5O3/c16-11-5-10(22(24)25)6-12(17)15(11)20-9-1-2-13(19-7-9)21-4-3-18-14(23)8-21/h1-2,5-7,20H,3-4,8H2,(H,18,23). The minimum atomic E-state index is -1.08. The molecular weight excluding hydrogens is 336 g/mol. The summed E-state index contributed by atoms with van der Waals surface area (Å²) in [5.41, 5.74) is -0.869. The van der Waals surface area contributed by atoms with E-state index in [-0.39, 0.29) is 12.5 Å². The van der Waals surface area contributed by atoms with Crippen LogP contribution in [0.1, 0.15) is 0 Å². The summed E-state index contributed by atoms with van der Waals surface area (Å²) in [5, 5.41) is 15.8. The highest BCUT2D eigenvalue weighted by molar-refractivity contribution is 5.82. The summed E-state index contributed by atoms with van der Waals surface area (Å²) in [4.78, 5) is 27.0. The molecule has 130 valence electrons. The summed E-state index contributed by atoms with van der Waals surface area (Å²) in [6, 6.07) is 4.44. The van der Waals surface area contributed by atoms with Crippen LogP contribution in [0.2, 0.25) is 0 Å². The maximum absolute atomic E-state index is 13.9. The van der Waals surface area contributed by atoms with E-state index in [1.807, 2.05) is 0 Å². The van der Waals surface area contributed by atoms with Crippen LogP contribution >= 0.6 is 0 Å². The smallest absolute Gasteiger partial charge is 0.275 e. The number of carbonyl (C=O) groups is 1. The number of hydrogen-bond donors (Lipinski definition) is 2. The van der Waals surface area contributed by atoms with Crippen molar-refractivity contribution in [2.45, 2.75) is 0 Å². The highest BCUT2D eigenvalue weighted by atomic mass is 19.1. The molecule has 2 N–H and O–H groups in total. The number of nitrogens with zero attached hydrogens (tertiary/aromatic N) is 3. The van der Waals surface area contributed by atoms with E-state index in [0.29, 0.717) is 36.7 Å². The Labute approximate surface area is 140 Å². The predicted octanol–water partition coefficient (Wildman–Crippen LogP) is 1.95. The first-order valence-electron chi connectivity index (χ1n) is 7.32. The van der Waals surface area contributed by atoms with Crippen molar-refractivity contribution in [3.8, 4) is 0 Å². The average molecular weight is 349 g/mol. The van der Waals surface area contributed by atoms with E-state index in [2.05, 4.69) is 15.6 Å². The minimum absolute atomic E-state index is 0.106. The van der Waals surface area contributed by atoms with Crippen molar-refractivity contribution in [3.05, 3.63) is 52.2 Å². The molecule has 25 heavy (non-hydrogen) atoms. The Kier molecular flexibility index (Phi) is 4.42. The van der Waals surface area contributed by atoms with Gasteiger partial charge in [-0.1, -0.05) is 0 Å². The van der Waals surface area contributed by atoms with Crippen molar-refractivity contribution in [1.82, 2.24) is 10.3 Å². The Balaban J connectivity index is 1.78. The van der Waals surface area contributed by atoms with Gasteiger partial charge in [0, 0.05) is 13.1 Å². The molecule has 0 bridgehead atoms. The lowest BCUT2D eigenvalue weighted by Crippen LogP contribution is -2.48. The number of aromatic nitrogens is 1. The van der Waals surface area contributed by atoms with Crippen molar-refractivity contribution in [2.24, 2.45) is 0 Å². The maximum Gasteiger partial charge on any atom is 0.275 e. The molecule has 1 saturated heterocycles. The Morgan fingerprint density at radius 3 is 2.56 bits per heavy atom. The van der Waals surface area contributed by atoms with Crippen LogP contribution in [0.4, 0.5) is 31.7 Å². The Morgan fingerprint density at radius 1 is 1.28 bits per heavy atom. The number of nitro benzene ring substituents is 1. The number of carbonyl (C=O) groups excluding carboxylic acids is 1. The van der Waals surface area contributed by atoms with Gasteiger partial charge in [-0.25, -0.2) is 13.8 Å². The zero-order valence-electron chi connectivity index (χ0n) is 12.8. The van der Waals surface area contributed by atoms with E-state index >= 15 is 0 Å². The minimum Gasteiger partial charge on any atom is -0.353 e. The molecule has 0 saturated carbocycles. The van der Waals surface area contributed by atoms with Gasteiger partial charge in [-0.3, -0.25) is 14.9 Å². The third-order valence-corrected chi connectivity index (χ3v) is 3.62. The normalized spacial score (nSPS) is 14.2. The molecule has 0 atom stereocenters. The van der Waals surface area contributed by atoms with Gasteiger partial charge in [0.15, 0.2) is 11.6 Å². The van der Waals surface area contributed by atoms with E-state index in [1.54, 1.807) is 17.0 Å². The number of nitro groups is 1. The van der Waals surface area contributed by atoms with Crippen molar-refractivity contribution >= 4 is 28.8 Å². The van der Waals surface area contributed by atoms with Gasteiger partial charge in [-0.15, -0.1) is 0 Å². The summed E-state index contributed by atoms with van der Waals surface area (Å²) in [6.45, 7) is 1.31. The number of pyridine rings is 1. The first-order chi connectivity index (χ1) is 11.9. The summed E-state index contributed by atoms with van der Waals surface area (Å²) in [7, 11) is 0. The number of amides is 1. The van der Waals surface area contributed by atoms with Crippen LogP contribution in [0.5, 0.6) is 0 Å². The molecule has 1 aliphatic rings. The van der Waals surface area contributed by atoms with Crippen LogP contribution in [-0.2, 0) is 4.79 Å². The summed E-state index contributed by atoms with van der Waals surface area (Å²) >= 11 is 0. The van der Waals surface area contributed by atoms with E-state index in [4.69, 9.17) is 0 Å². The molecule has 3 rings (SSSR count). The largest absolute Gasteiger partial charge is 0.353 e. The van der Waals surface area contributed by atoms with Crippen LogP contribution in [0.25, 0.3) is 0 Å². The molecule has 8 nitrogen and oxygen atoms in total. The summed E-state index contributed by atoms with van der Waals surface area (Å²) in [6.07, 6.45) is 1.36. The maximum atomic E-state index is 13.9. The third kappa shape index (κ3) is 3.62. The second kappa shape index (κ2) is 6.67. The number of nitrogens with one attached hydrogen (secondary N) is 2. The summed E-state index contributed by atoms with van der Waals surface area (Å²) in [5.74, 6) is -1.71. The SMILES string of the molecule is O=C1CN(c2ccc(Nc3c(F)cc([N+](=O)[O-])cc3F)cn2)CCN1. The molecule has 1 aliphatic heterocycles. The van der Waals surface area contributed by atoms with Gasteiger partial charge in [0.1, 0.15) is 11.5 Å². The lowest BCUT2D eigenvalue weighted by atomic mass is 10.2. The zero-order valence-corrected chi connectivity index (χ0v) is 12.8. The van der Waals surface area contributed by atoms with E-state index in [1.165, 1.54) is 6.20 Å². The monoisotopic (exact) mass is 349 g/mol. The fourth-order valence-corrected chi connectivity index (χ4v) is 2.41. The molecule has 0 radical (unpaired) electrons. The summed E-state index contributed by atoms with van der Waals surface area (Å²) < 4.78 is 27.8. The number of piperazine rings is 1.